The number of aromatic amines is 2. The summed E-state index contributed by atoms with van der Waals surface area (Å²) >= 11 is 0. The van der Waals surface area contributed by atoms with Crippen LogP contribution in [0.1, 0.15) is 49.4 Å². The van der Waals surface area contributed by atoms with Gasteiger partial charge in [-0.25, -0.2) is 9.97 Å². The molecule has 2 aliphatic heterocycles. The fourth-order valence-corrected chi connectivity index (χ4v) is 6.06. The summed E-state index contributed by atoms with van der Waals surface area (Å²) < 4.78 is 0. The fourth-order valence-electron chi connectivity index (χ4n) is 6.06. The molecule has 170 valence electrons. The highest BCUT2D eigenvalue weighted by Crippen LogP contribution is 2.46. The number of hydrogen-bond acceptors (Lipinski definition) is 4. The maximum Gasteiger partial charge on any atom is 0.124 e. The third kappa shape index (κ3) is 3.24. The molecule has 34 heavy (non-hydrogen) atoms. The SMILES string of the molecule is c1cc(-c2c[nH]c([C@@H]3C[C@@H]4C[C@@H]4N3)n2)ccc1-c1ccc(-c2c[nH]c([C@@H]3C[C@@H]4C[C@@H]4N3)n2)cc1. The van der Waals surface area contributed by atoms with Gasteiger partial charge in [-0.05, 0) is 48.6 Å². The summed E-state index contributed by atoms with van der Waals surface area (Å²) in [6, 6.07) is 19.7. The maximum absolute atomic E-state index is 4.87. The first-order valence-corrected chi connectivity index (χ1v) is 12.6. The molecular weight excluding hydrogens is 420 g/mol. The number of imidazole rings is 2. The molecule has 0 bridgehead atoms. The number of rotatable bonds is 5. The molecular formula is C28H28N6. The second-order valence-corrected chi connectivity index (χ2v) is 10.6. The van der Waals surface area contributed by atoms with Crippen molar-refractivity contribution in [1.29, 1.82) is 0 Å². The molecule has 4 heterocycles. The van der Waals surface area contributed by atoms with E-state index in [0.717, 1.165) is 58.1 Å². The summed E-state index contributed by atoms with van der Waals surface area (Å²) in [6.07, 6.45) is 9.18. The molecule has 2 saturated carbocycles. The van der Waals surface area contributed by atoms with Crippen molar-refractivity contribution in [1.82, 2.24) is 30.6 Å². The van der Waals surface area contributed by atoms with E-state index in [9.17, 15) is 0 Å². The van der Waals surface area contributed by atoms with E-state index in [1.165, 1.54) is 36.8 Å². The van der Waals surface area contributed by atoms with Gasteiger partial charge in [-0.1, -0.05) is 48.5 Å². The van der Waals surface area contributed by atoms with Gasteiger partial charge in [0.05, 0.1) is 23.5 Å². The largest absolute Gasteiger partial charge is 0.347 e. The fraction of sp³-hybridized carbons (Fsp3) is 0.357. The van der Waals surface area contributed by atoms with E-state index in [1.54, 1.807) is 0 Å². The molecule has 0 spiro atoms. The average Bonchev–Trinajstić information content (AvgIpc) is 3.46. The van der Waals surface area contributed by atoms with Crippen LogP contribution in [0.15, 0.2) is 60.9 Å². The zero-order valence-electron chi connectivity index (χ0n) is 19.0. The molecule has 2 saturated heterocycles. The Labute approximate surface area is 198 Å². The number of hydrogen-bond donors (Lipinski definition) is 4. The molecule has 0 amide bonds. The highest BCUT2D eigenvalue weighted by atomic mass is 15.1. The molecule has 0 unspecified atom stereocenters. The molecule has 4 aromatic rings. The van der Waals surface area contributed by atoms with Crippen LogP contribution in [-0.4, -0.2) is 32.0 Å². The van der Waals surface area contributed by atoms with Gasteiger partial charge < -0.3 is 20.6 Å². The van der Waals surface area contributed by atoms with Crippen LogP contribution < -0.4 is 10.6 Å². The first kappa shape index (κ1) is 19.1. The average molecular weight is 449 g/mol. The lowest BCUT2D eigenvalue weighted by atomic mass is 10.0. The van der Waals surface area contributed by atoms with Crippen molar-refractivity contribution in [2.24, 2.45) is 11.8 Å². The van der Waals surface area contributed by atoms with Crippen LogP contribution in [0.25, 0.3) is 33.6 Å². The standard InChI is InChI=1S/C28H28N6/c1-5-17(25-13-29-27(33-25)23-11-19-9-21(19)31-23)6-2-15(1)16-3-7-18(8-4-16)26-14-30-28(34-26)24-12-20-10-22(20)32-24/h1-8,13-14,19-24,31-32H,9-12H2,(H,29,33)(H,30,34)/t19-,20-,21-,22-,23-,24-/m0/s1. The zero-order chi connectivity index (χ0) is 22.2. The highest BCUT2D eigenvalue weighted by molar-refractivity contribution is 5.71. The number of nitrogens with one attached hydrogen (secondary N) is 4. The Morgan fingerprint density at radius 1 is 0.529 bits per heavy atom. The zero-order valence-corrected chi connectivity index (χ0v) is 19.0. The van der Waals surface area contributed by atoms with Crippen LogP contribution in [-0.2, 0) is 0 Å². The predicted molar refractivity (Wildman–Crippen MR) is 132 cm³/mol. The Morgan fingerprint density at radius 3 is 1.32 bits per heavy atom. The Balaban J connectivity index is 0.972. The van der Waals surface area contributed by atoms with Crippen LogP contribution in [0.5, 0.6) is 0 Å². The van der Waals surface area contributed by atoms with Crippen molar-refractivity contribution < 1.29 is 0 Å². The molecule has 4 aliphatic rings. The monoisotopic (exact) mass is 448 g/mol. The van der Waals surface area contributed by atoms with Gasteiger partial charge in [-0.15, -0.1) is 0 Å². The van der Waals surface area contributed by atoms with Crippen LogP contribution in [0.4, 0.5) is 0 Å². The third-order valence-corrected chi connectivity index (χ3v) is 8.30. The molecule has 6 heteroatoms. The van der Waals surface area contributed by atoms with Crippen LogP contribution >= 0.6 is 0 Å². The minimum absolute atomic E-state index is 0.390. The molecule has 6 nitrogen and oxygen atoms in total. The van der Waals surface area contributed by atoms with E-state index in [4.69, 9.17) is 9.97 Å². The number of H-pyrrole nitrogens is 2. The molecule has 8 rings (SSSR count). The predicted octanol–water partition coefficient (Wildman–Crippen LogP) is 4.98. The summed E-state index contributed by atoms with van der Waals surface area (Å²) in [6.45, 7) is 0. The Bertz CT molecular complexity index is 1220. The lowest BCUT2D eigenvalue weighted by Crippen LogP contribution is -2.18. The van der Waals surface area contributed by atoms with E-state index in [-0.39, 0.29) is 0 Å². The summed E-state index contributed by atoms with van der Waals surface area (Å²) in [4.78, 5) is 16.5. The third-order valence-electron chi connectivity index (χ3n) is 8.30. The van der Waals surface area contributed by atoms with Gasteiger partial charge in [-0.3, -0.25) is 0 Å². The number of aromatic nitrogens is 4. The van der Waals surface area contributed by atoms with Crippen LogP contribution in [0.3, 0.4) is 0 Å². The van der Waals surface area contributed by atoms with Gasteiger partial charge in [0.1, 0.15) is 11.6 Å². The molecule has 4 fully saturated rings. The molecule has 0 radical (unpaired) electrons. The number of piperidine rings is 2. The second kappa shape index (κ2) is 7.14. The lowest BCUT2D eigenvalue weighted by Gasteiger charge is -2.09. The number of benzene rings is 2. The second-order valence-electron chi connectivity index (χ2n) is 10.6. The molecule has 4 N–H and O–H groups in total. The number of fused-ring (bicyclic) bond motifs is 2. The van der Waals surface area contributed by atoms with Crippen molar-refractivity contribution in [3.63, 3.8) is 0 Å². The smallest absolute Gasteiger partial charge is 0.124 e. The van der Waals surface area contributed by atoms with E-state index < -0.39 is 0 Å². The topological polar surface area (TPSA) is 81.4 Å². The van der Waals surface area contributed by atoms with Crippen molar-refractivity contribution in [2.75, 3.05) is 0 Å². The van der Waals surface area contributed by atoms with Gasteiger partial charge >= 0.3 is 0 Å². The van der Waals surface area contributed by atoms with E-state index in [1.807, 2.05) is 12.4 Å². The van der Waals surface area contributed by atoms with Gasteiger partial charge in [-0.2, -0.15) is 0 Å². The maximum atomic E-state index is 4.87. The van der Waals surface area contributed by atoms with Gasteiger partial charge in [0.15, 0.2) is 0 Å². The molecule has 2 aromatic heterocycles. The van der Waals surface area contributed by atoms with Gasteiger partial charge in [0.2, 0.25) is 0 Å². The quantitative estimate of drug-likeness (QED) is 0.347. The summed E-state index contributed by atoms with van der Waals surface area (Å²) in [7, 11) is 0. The van der Waals surface area contributed by atoms with E-state index in [2.05, 4.69) is 69.1 Å². The first-order valence-electron chi connectivity index (χ1n) is 12.6. The summed E-state index contributed by atoms with van der Waals surface area (Å²) in [5.74, 6) is 3.89. The summed E-state index contributed by atoms with van der Waals surface area (Å²) in [5.41, 5.74) is 6.74. The van der Waals surface area contributed by atoms with Crippen molar-refractivity contribution >= 4 is 0 Å². The summed E-state index contributed by atoms with van der Waals surface area (Å²) in [5, 5.41) is 7.34. The Kier molecular flexibility index (Phi) is 4.02. The normalized spacial score (nSPS) is 30.8. The molecule has 2 aliphatic carbocycles. The van der Waals surface area contributed by atoms with E-state index in [0.29, 0.717) is 12.1 Å². The minimum Gasteiger partial charge on any atom is -0.347 e. The Morgan fingerprint density at radius 2 is 0.941 bits per heavy atom. The highest BCUT2D eigenvalue weighted by Gasteiger charge is 2.47. The van der Waals surface area contributed by atoms with Crippen molar-refractivity contribution in [3.8, 4) is 33.6 Å². The van der Waals surface area contributed by atoms with Crippen molar-refractivity contribution in [2.45, 2.75) is 49.9 Å². The molecule has 6 atom stereocenters. The first-order chi connectivity index (χ1) is 16.8. The minimum atomic E-state index is 0.390. The van der Waals surface area contributed by atoms with Crippen LogP contribution in [0.2, 0.25) is 0 Å². The van der Waals surface area contributed by atoms with Crippen LogP contribution in [0, 0.1) is 11.8 Å². The Hall–Kier alpha value is -3.22. The number of nitrogens with zero attached hydrogens (tertiary/aromatic N) is 2. The van der Waals surface area contributed by atoms with Gasteiger partial charge in [0.25, 0.3) is 0 Å². The van der Waals surface area contributed by atoms with Gasteiger partial charge in [0, 0.05) is 35.6 Å². The van der Waals surface area contributed by atoms with Crippen molar-refractivity contribution in [3.05, 3.63) is 72.6 Å². The van der Waals surface area contributed by atoms with E-state index >= 15 is 0 Å². The molecule has 2 aromatic carbocycles. The lowest BCUT2D eigenvalue weighted by molar-refractivity contribution is 0.543.